The number of anilines is 1. The van der Waals surface area contributed by atoms with Gasteiger partial charge in [-0.1, -0.05) is 25.4 Å². The van der Waals surface area contributed by atoms with Crippen molar-refractivity contribution in [3.05, 3.63) is 64.3 Å². The van der Waals surface area contributed by atoms with E-state index in [1.165, 1.54) is 16.4 Å². The second-order valence-electron chi connectivity index (χ2n) is 7.49. The van der Waals surface area contributed by atoms with Crippen molar-refractivity contribution in [1.82, 2.24) is 9.29 Å². The molecule has 1 heterocycles. The van der Waals surface area contributed by atoms with Crippen molar-refractivity contribution in [1.29, 1.82) is 0 Å². The highest BCUT2D eigenvalue weighted by molar-refractivity contribution is 7.89. The maximum Gasteiger partial charge on any atom is 0.256 e. The molecule has 1 aliphatic carbocycles. The average Bonchev–Trinajstić information content (AvgIpc) is 3.21. The van der Waals surface area contributed by atoms with Gasteiger partial charge in [-0.2, -0.15) is 4.31 Å². The SMILES string of the molecule is CCN(CC)S(=O)(=O)c1ccc(NC(=O)c2c3c(nc4ccc(Cl)cc24)CCC3)cc1. The molecule has 2 aromatic carbocycles. The third-order valence-electron chi connectivity index (χ3n) is 5.66. The lowest BCUT2D eigenvalue weighted by molar-refractivity contribution is 0.102. The number of sulfonamides is 1. The molecule has 0 spiro atoms. The van der Waals surface area contributed by atoms with Crippen LogP contribution in [-0.4, -0.2) is 36.7 Å². The molecular weight excluding hydrogens is 434 g/mol. The van der Waals surface area contributed by atoms with Crippen molar-refractivity contribution in [2.75, 3.05) is 18.4 Å². The van der Waals surface area contributed by atoms with E-state index >= 15 is 0 Å². The quantitative estimate of drug-likeness (QED) is 0.583. The topological polar surface area (TPSA) is 79.4 Å². The molecule has 1 amide bonds. The van der Waals surface area contributed by atoms with Gasteiger partial charge in [-0.15, -0.1) is 0 Å². The van der Waals surface area contributed by atoms with Gasteiger partial charge in [-0.05, 0) is 67.3 Å². The number of carbonyl (C=O) groups excluding carboxylic acids is 1. The van der Waals surface area contributed by atoms with E-state index in [0.717, 1.165) is 41.4 Å². The van der Waals surface area contributed by atoms with Crippen LogP contribution in [0.3, 0.4) is 0 Å². The fraction of sp³-hybridized carbons (Fsp3) is 0.304. The summed E-state index contributed by atoms with van der Waals surface area (Å²) in [5.74, 6) is -0.243. The van der Waals surface area contributed by atoms with Gasteiger partial charge < -0.3 is 5.32 Å². The number of amides is 1. The minimum absolute atomic E-state index is 0.205. The zero-order valence-electron chi connectivity index (χ0n) is 17.5. The van der Waals surface area contributed by atoms with Crippen molar-refractivity contribution in [2.24, 2.45) is 0 Å². The Kier molecular flexibility index (Phi) is 6.01. The third kappa shape index (κ3) is 4.05. The molecule has 3 aromatic rings. The second-order valence-corrected chi connectivity index (χ2v) is 9.87. The summed E-state index contributed by atoms with van der Waals surface area (Å²) in [4.78, 5) is 18.2. The summed E-state index contributed by atoms with van der Waals surface area (Å²) >= 11 is 6.20. The summed E-state index contributed by atoms with van der Waals surface area (Å²) in [5.41, 5.74) is 3.80. The molecule has 0 bridgehead atoms. The highest BCUT2D eigenvalue weighted by Crippen LogP contribution is 2.32. The monoisotopic (exact) mass is 457 g/mol. The van der Waals surface area contributed by atoms with Crippen LogP contribution in [0, 0.1) is 0 Å². The predicted octanol–water partition coefficient (Wildman–Crippen LogP) is 4.66. The van der Waals surface area contributed by atoms with Crippen LogP contribution >= 0.6 is 11.6 Å². The summed E-state index contributed by atoms with van der Waals surface area (Å²) in [5, 5.41) is 4.19. The Morgan fingerprint density at radius 1 is 1.10 bits per heavy atom. The summed E-state index contributed by atoms with van der Waals surface area (Å²) in [7, 11) is -3.54. The van der Waals surface area contributed by atoms with Gasteiger partial charge in [0.05, 0.1) is 16.0 Å². The number of halogens is 1. The Labute approximate surface area is 187 Å². The highest BCUT2D eigenvalue weighted by atomic mass is 35.5. The lowest BCUT2D eigenvalue weighted by atomic mass is 10.0. The Morgan fingerprint density at radius 2 is 1.81 bits per heavy atom. The number of aromatic nitrogens is 1. The third-order valence-corrected chi connectivity index (χ3v) is 7.96. The number of benzene rings is 2. The fourth-order valence-electron chi connectivity index (χ4n) is 4.11. The molecule has 0 fully saturated rings. The first-order chi connectivity index (χ1) is 14.8. The lowest BCUT2D eigenvalue weighted by Crippen LogP contribution is -2.30. The van der Waals surface area contributed by atoms with Gasteiger partial charge in [0.15, 0.2) is 0 Å². The van der Waals surface area contributed by atoms with Gasteiger partial charge in [-0.3, -0.25) is 9.78 Å². The van der Waals surface area contributed by atoms with Crippen molar-refractivity contribution in [3.63, 3.8) is 0 Å². The van der Waals surface area contributed by atoms with Gasteiger partial charge in [0.1, 0.15) is 0 Å². The minimum atomic E-state index is -3.54. The molecule has 6 nitrogen and oxygen atoms in total. The Bertz CT molecular complexity index is 1250. The molecule has 1 aliphatic rings. The number of aryl methyl sites for hydroxylation is 1. The maximum absolute atomic E-state index is 13.3. The first kappa shape index (κ1) is 21.7. The van der Waals surface area contributed by atoms with Crippen LogP contribution in [0.25, 0.3) is 10.9 Å². The first-order valence-electron chi connectivity index (χ1n) is 10.4. The van der Waals surface area contributed by atoms with E-state index in [1.54, 1.807) is 38.1 Å². The van der Waals surface area contributed by atoms with E-state index in [2.05, 4.69) is 5.32 Å². The lowest BCUT2D eigenvalue weighted by Gasteiger charge is -2.18. The molecule has 162 valence electrons. The van der Waals surface area contributed by atoms with E-state index < -0.39 is 10.0 Å². The van der Waals surface area contributed by atoms with Crippen LogP contribution in [0.2, 0.25) is 5.02 Å². The van der Waals surface area contributed by atoms with E-state index in [9.17, 15) is 13.2 Å². The fourth-order valence-corrected chi connectivity index (χ4v) is 5.74. The highest BCUT2D eigenvalue weighted by Gasteiger charge is 2.25. The van der Waals surface area contributed by atoms with Gasteiger partial charge >= 0.3 is 0 Å². The Hall–Kier alpha value is -2.48. The molecule has 0 unspecified atom stereocenters. The Morgan fingerprint density at radius 3 is 2.48 bits per heavy atom. The number of hydrogen-bond acceptors (Lipinski definition) is 4. The molecule has 0 radical (unpaired) electrons. The van der Waals surface area contributed by atoms with E-state index in [0.29, 0.717) is 29.4 Å². The van der Waals surface area contributed by atoms with Gasteiger partial charge in [-0.25, -0.2) is 8.42 Å². The van der Waals surface area contributed by atoms with E-state index in [1.807, 2.05) is 6.07 Å². The summed E-state index contributed by atoms with van der Waals surface area (Å²) < 4.78 is 26.7. The largest absolute Gasteiger partial charge is 0.322 e. The minimum Gasteiger partial charge on any atom is -0.322 e. The normalized spacial score (nSPS) is 13.5. The molecule has 4 rings (SSSR count). The van der Waals surface area contributed by atoms with Crippen molar-refractivity contribution < 1.29 is 13.2 Å². The molecule has 0 atom stereocenters. The second kappa shape index (κ2) is 8.57. The smallest absolute Gasteiger partial charge is 0.256 e. The average molecular weight is 458 g/mol. The number of rotatable bonds is 6. The summed E-state index contributed by atoms with van der Waals surface area (Å²) in [6, 6.07) is 11.7. The predicted molar refractivity (Wildman–Crippen MR) is 123 cm³/mol. The van der Waals surface area contributed by atoms with Crippen LogP contribution in [0.1, 0.15) is 41.9 Å². The van der Waals surface area contributed by atoms with Crippen molar-refractivity contribution >= 4 is 44.1 Å². The van der Waals surface area contributed by atoms with Gasteiger partial charge in [0.25, 0.3) is 5.91 Å². The zero-order valence-corrected chi connectivity index (χ0v) is 19.1. The number of fused-ring (bicyclic) bond motifs is 2. The molecule has 8 heteroatoms. The summed E-state index contributed by atoms with van der Waals surface area (Å²) in [6.07, 6.45) is 2.62. The van der Waals surface area contributed by atoms with Gasteiger partial charge in [0.2, 0.25) is 10.0 Å². The number of nitrogens with one attached hydrogen (secondary N) is 1. The van der Waals surface area contributed by atoms with Crippen LogP contribution in [0.5, 0.6) is 0 Å². The van der Waals surface area contributed by atoms with Crippen LogP contribution < -0.4 is 5.32 Å². The van der Waals surface area contributed by atoms with Crippen molar-refractivity contribution in [3.8, 4) is 0 Å². The number of carbonyl (C=O) groups is 1. The maximum atomic E-state index is 13.3. The Balaban J connectivity index is 1.67. The van der Waals surface area contributed by atoms with E-state index in [4.69, 9.17) is 16.6 Å². The molecule has 0 saturated heterocycles. The van der Waals surface area contributed by atoms with E-state index in [-0.39, 0.29) is 10.8 Å². The first-order valence-corrected chi connectivity index (χ1v) is 12.2. The molecule has 31 heavy (non-hydrogen) atoms. The molecule has 1 N–H and O–H groups in total. The van der Waals surface area contributed by atoms with Crippen LogP contribution in [0.15, 0.2) is 47.4 Å². The van der Waals surface area contributed by atoms with Crippen molar-refractivity contribution in [2.45, 2.75) is 38.0 Å². The standard InChI is InChI=1S/C23H24ClN3O3S/c1-3-27(4-2)31(29,30)17-11-9-16(10-12-17)25-23(28)22-18-6-5-7-20(18)26-21-13-8-15(24)14-19(21)22/h8-14H,3-7H2,1-2H3,(H,25,28). The zero-order chi connectivity index (χ0) is 22.2. The number of hydrogen-bond donors (Lipinski definition) is 1. The number of nitrogens with zero attached hydrogens (tertiary/aromatic N) is 2. The van der Waals surface area contributed by atoms with Crippen LogP contribution in [0.4, 0.5) is 5.69 Å². The molecule has 1 aromatic heterocycles. The van der Waals surface area contributed by atoms with Crippen LogP contribution in [-0.2, 0) is 22.9 Å². The molecule has 0 saturated carbocycles. The van der Waals surface area contributed by atoms with Gasteiger partial charge in [0, 0.05) is 34.9 Å². The molecular formula is C23H24ClN3O3S. The number of pyridine rings is 1. The molecule has 0 aliphatic heterocycles. The summed E-state index contributed by atoms with van der Waals surface area (Å²) in [6.45, 7) is 4.42.